The molecule has 0 aliphatic carbocycles. The Morgan fingerprint density at radius 3 is 2.80 bits per heavy atom. The molecule has 1 heterocycles. The molecule has 1 aromatic carbocycles. The molecular formula is C14H15N3O2S. The van der Waals surface area contributed by atoms with Gasteiger partial charge in [-0.1, -0.05) is 12.1 Å². The number of aromatic nitrogens is 1. The number of benzene rings is 1. The molecule has 1 aromatic heterocycles. The standard InChI is InChI=1S/C14H15N3O2S/c1-8-4-3-5-11(9(8)2)13(19)17-14-16-10(7-20-14)6-12(15)18/h3-5,7H,6H2,1-2H3,(H2,15,18)(H,16,17,19). The largest absolute Gasteiger partial charge is 0.369 e. The Hall–Kier alpha value is -2.21. The van der Waals surface area contributed by atoms with Crippen LogP contribution in [0.15, 0.2) is 23.6 Å². The Bertz CT molecular complexity index is 664. The van der Waals surface area contributed by atoms with Crippen LogP contribution in [0.1, 0.15) is 27.2 Å². The highest BCUT2D eigenvalue weighted by Gasteiger charge is 2.12. The number of rotatable bonds is 4. The summed E-state index contributed by atoms with van der Waals surface area (Å²) in [7, 11) is 0. The van der Waals surface area contributed by atoms with Gasteiger partial charge in [-0.15, -0.1) is 11.3 Å². The minimum atomic E-state index is -0.442. The highest BCUT2D eigenvalue weighted by Crippen LogP contribution is 2.19. The number of hydrogen-bond acceptors (Lipinski definition) is 4. The smallest absolute Gasteiger partial charge is 0.257 e. The van der Waals surface area contributed by atoms with E-state index < -0.39 is 5.91 Å². The molecular weight excluding hydrogens is 274 g/mol. The molecule has 20 heavy (non-hydrogen) atoms. The normalized spacial score (nSPS) is 10.3. The van der Waals surface area contributed by atoms with Crippen LogP contribution in [-0.4, -0.2) is 16.8 Å². The first-order valence-electron chi connectivity index (χ1n) is 6.07. The lowest BCUT2D eigenvalue weighted by molar-refractivity contribution is -0.117. The zero-order chi connectivity index (χ0) is 14.7. The number of carbonyl (C=O) groups is 2. The van der Waals surface area contributed by atoms with Gasteiger partial charge < -0.3 is 5.73 Å². The second-order valence-electron chi connectivity index (χ2n) is 4.49. The number of hydrogen-bond donors (Lipinski definition) is 2. The minimum absolute atomic E-state index is 0.0792. The summed E-state index contributed by atoms with van der Waals surface area (Å²) in [5.41, 5.74) is 8.30. The van der Waals surface area contributed by atoms with E-state index >= 15 is 0 Å². The summed E-state index contributed by atoms with van der Waals surface area (Å²) in [6.07, 6.45) is 0.0792. The Kier molecular flexibility index (Phi) is 4.14. The molecule has 104 valence electrons. The molecule has 5 nitrogen and oxygen atoms in total. The highest BCUT2D eigenvalue weighted by atomic mass is 32.1. The average molecular weight is 289 g/mol. The van der Waals surface area contributed by atoms with Gasteiger partial charge in [-0.2, -0.15) is 0 Å². The van der Waals surface area contributed by atoms with Crippen LogP contribution in [0, 0.1) is 13.8 Å². The maximum absolute atomic E-state index is 12.2. The van der Waals surface area contributed by atoms with Crippen molar-refractivity contribution < 1.29 is 9.59 Å². The second kappa shape index (κ2) is 5.83. The number of primary amides is 1. The van der Waals surface area contributed by atoms with E-state index in [-0.39, 0.29) is 12.3 Å². The van der Waals surface area contributed by atoms with Crippen LogP contribution in [0.25, 0.3) is 0 Å². The molecule has 0 saturated carbocycles. The van der Waals surface area contributed by atoms with Gasteiger partial charge in [0.15, 0.2) is 5.13 Å². The van der Waals surface area contributed by atoms with Crippen molar-refractivity contribution in [2.45, 2.75) is 20.3 Å². The molecule has 0 atom stereocenters. The lowest BCUT2D eigenvalue weighted by Crippen LogP contribution is -2.15. The predicted octanol–water partition coefficient (Wildman–Crippen LogP) is 2.04. The summed E-state index contributed by atoms with van der Waals surface area (Å²) in [6, 6.07) is 5.58. The van der Waals surface area contributed by atoms with Crippen molar-refractivity contribution in [2.75, 3.05) is 5.32 Å². The van der Waals surface area contributed by atoms with E-state index in [4.69, 9.17) is 5.73 Å². The summed E-state index contributed by atoms with van der Waals surface area (Å²) in [5, 5.41) is 4.91. The lowest BCUT2D eigenvalue weighted by atomic mass is 10.0. The van der Waals surface area contributed by atoms with E-state index in [0.717, 1.165) is 11.1 Å². The quantitative estimate of drug-likeness (QED) is 0.903. The molecule has 6 heteroatoms. The van der Waals surface area contributed by atoms with Crippen molar-refractivity contribution >= 4 is 28.3 Å². The number of nitrogens with two attached hydrogens (primary N) is 1. The molecule has 0 bridgehead atoms. The van der Waals surface area contributed by atoms with Crippen LogP contribution in [0.3, 0.4) is 0 Å². The van der Waals surface area contributed by atoms with E-state index in [1.165, 1.54) is 11.3 Å². The molecule has 2 amide bonds. The highest BCUT2D eigenvalue weighted by molar-refractivity contribution is 7.14. The van der Waals surface area contributed by atoms with Crippen molar-refractivity contribution in [3.8, 4) is 0 Å². The third-order valence-corrected chi connectivity index (χ3v) is 3.78. The van der Waals surface area contributed by atoms with E-state index in [1.807, 2.05) is 26.0 Å². The van der Waals surface area contributed by atoms with Crippen LogP contribution in [0.4, 0.5) is 5.13 Å². The number of nitrogens with zero attached hydrogens (tertiary/aromatic N) is 1. The number of amides is 2. The third kappa shape index (κ3) is 3.21. The lowest BCUT2D eigenvalue weighted by Gasteiger charge is -2.07. The van der Waals surface area contributed by atoms with Gasteiger partial charge in [0, 0.05) is 10.9 Å². The molecule has 0 saturated heterocycles. The molecule has 0 spiro atoms. The fourth-order valence-electron chi connectivity index (χ4n) is 1.79. The fourth-order valence-corrected chi connectivity index (χ4v) is 2.49. The van der Waals surface area contributed by atoms with Crippen LogP contribution in [-0.2, 0) is 11.2 Å². The Morgan fingerprint density at radius 2 is 2.10 bits per heavy atom. The van der Waals surface area contributed by atoms with Gasteiger partial charge in [0.25, 0.3) is 5.91 Å². The van der Waals surface area contributed by atoms with Crippen molar-refractivity contribution in [2.24, 2.45) is 5.73 Å². The summed E-state index contributed by atoms with van der Waals surface area (Å²) in [6.45, 7) is 3.87. The van der Waals surface area contributed by atoms with Crippen molar-refractivity contribution in [1.82, 2.24) is 4.98 Å². The Labute approximate surface area is 120 Å². The molecule has 0 unspecified atom stereocenters. The van der Waals surface area contributed by atoms with E-state index in [1.54, 1.807) is 11.4 Å². The number of anilines is 1. The Balaban J connectivity index is 2.13. The van der Waals surface area contributed by atoms with Crippen LogP contribution in [0.2, 0.25) is 0 Å². The van der Waals surface area contributed by atoms with E-state index in [2.05, 4.69) is 10.3 Å². The number of nitrogens with one attached hydrogen (secondary N) is 1. The molecule has 2 rings (SSSR count). The average Bonchev–Trinajstić information content (AvgIpc) is 2.79. The summed E-state index contributed by atoms with van der Waals surface area (Å²) >= 11 is 1.27. The molecule has 3 N–H and O–H groups in total. The fraction of sp³-hybridized carbons (Fsp3) is 0.214. The van der Waals surface area contributed by atoms with Crippen LogP contribution in [0.5, 0.6) is 0 Å². The van der Waals surface area contributed by atoms with Crippen LogP contribution >= 0.6 is 11.3 Å². The Morgan fingerprint density at radius 1 is 1.35 bits per heavy atom. The first-order chi connectivity index (χ1) is 9.47. The number of aryl methyl sites for hydroxylation is 1. The predicted molar refractivity (Wildman–Crippen MR) is 78.9 cm³/mol. The van der Waals surface area contributed by atoms with Gasteiger partial charge in [0.05, 0.1) is 12.1 Å². The molecule has 0 fully saturated rings. The van der Waals surface area contributed by atoms with E-state index in [0.29, 0.717) is 16.4 Å². The van der Waals surface area contributed by atoms with Crippen molar-refractivity contribution in [3.05, 3.63) is 46.0 Å². The first-order valence-corrected chi connectivity index (χ1v) is 6.95. The number of thiazole rings is 1. The zero-order valence-corrected chi connectivity index (χ0v) is 12.1. The summed E-state index contributed by atoms with van der Waals surface area (Å²) < 4.78 is 0. The van der Waals surface area contributed by atoms with Crippen LogP contribution < -0.4 is 11.1 Å². The molecule has 0 aliphatic heterocycles. The van der Waals surface area contributed by atoms with Crippen molar-refractivity contribution in [3.63, 3.8) is 0 Å². The monoisotopic (exact) mass is 289 g/mol. The first kappa shape index (κ1) is 14.2. The summed E-state index contributed by atoms with van der Waals surface area (Å²) in [5.74, 6) is -0.645. The summed E-state index contributed by atoms with van der Waals surface area (Å²) in [4.78, 5) is 27.1. The minimum Gasteiger partial charge on any atom is -0.369 e. The maximum Gasteiger partial charge on any atom is 0.257 e. The topological polar surface area (TPSA) is 85.1 Å². The van der Waals surface area contributed by atoms with Gasteiger partial charge in [-0.3, -0.25) is 14.9 Å². The molecule has 0 radical (unpaired) electrons. The zero-order valence-electron chi connectivity index (χ0n) is 11.3. The number of carbonyl (C=O) groups excluding carboxylic acids is 2. The van der Waals surface area contributed by atoms with Gasteiger partial charge in [0.2, 0.25) is 5.91 Å². The van der Waals surface area contributed by atoms with Gasteiger partial charge in [-0.05, 0) is 31.0 Å². The van der Waals surface area contributed by atoms with Gasteiger partial charge in [-0.25, -0.2) is 4.98 Å². The second-order valence-corrected chi connectivity index (χ2v) is 5.35. The van der Waals surface area contributed by atoms with Crippen molar-refractivity contribution in [1.29, 1.82) is 0 Å². The molecule has 0 aliphatic rings. The van der Waals surface area contributed by atoms with E-state index in [9.17, 15) is 9.59 Å². The third-order valence-electron chi connectivity index (χ3n) is 2.98. The maximum atomic E-state index is 12.2. The van der Waals surface area contributed by atoms with Gasteiger partial charge >= 0.3 is 0 Å². The van der Waals surface area contributed by atoms with Gasteiger partial charge in [0.1, 0.15) is 0 Å². The molecule has 2 aromatic rings. The SMILES string of the molecule is Cc1cccc(C(=O)Nc2nc(CC(N)=O)cs2)c1C.